The van der Waals surface area contributed by atoms with E-state index in [1.165, 1.54) is 6.34 Å². The van der Waals surface area contributed by atoms with Crippen LogP contribution in [0, 0.1) is 12.8 Å². The second-order valence-corrected chi connectivity index (χ2v) is 9.74. The summed E-state index contributed by atoms with van der Waals surface area (Å²) in [5.74, 6) is -1.21. The average molecular weight is 551 g/mol. The molecule has 0 radical (unpaired) electrons. The lowest BCUT2D eigenvalue weighted by molar-refractivity contribution is -0.132. The number of nitrogens with one attached hydrogen (secondary N) is 2. The number of imide groups is 1. The molecule has 2 aliphatic rings. The molecule has 1 unspecified atom stereocenters. The summed E-state index contributed by atoms with van der Waals surface area (Å²) in [5, 5.41) is 4.52. The van der Waals surface area contributed by atoms with Gasteiger partial charge in [-0.1, -0.05) is 13.0 Å². The van der Waals surface area contributed by atoms with Crippen LogP contribution in [0.5, 0.6) is 0 Å². The molecule has 0 fully saturated rings. The van der Waals surface area contributed by atoms with E-state index in [1.807, 2.05) is 13.8 Å². The molecule has 0 bridgehead atoms. The molecule has 4 N–H and O–H groups in total. The fourth-order valence-corrected chi connectivity index (χ4v) is 4.07. The number of fused-ring (bicyclic) bond motifs is 1. The van der Waals surface area contributed by atoms with E-state index < -0.39 is 32.5 Å². The molecule has 3 rings (SSSR count). The topological polar surface area (TPSA) is 182 Å². The number of ether oxygens (including phenoxy) is 1. The van der Waals surface area contributed by atoms with Gasteiger partial charge in [-0.15, -0.1) is 0 Å². The number of rotatable bonds is 9. The maximum Gasteiger partial charge on any atom is 0.472 e. The molecule has 0 spiro atoms. The summed E-state index contributed by atoms with van der Waals surface area (Å²) in [7, 11) is -4.84. The monoisotopic (exact) mass is 550 g/mol. The van der Waals surface area contributed by atoms with Crippen LogP contribution in [0.25, 0.3) is 0 Å². The minimum absolute atomic E-state index is 0.0380. The third-order valence-electron chi connectivity index (χ3n) is 5.88. The summed E-state index contributed by atoms with van der Waals surface area (Å²) >= 11 is 0. The lowest BCUT2D eigenvalue weighted by atomic mass is 10.0. The van der Waals surface area contributed by atoms with E-state index >= 15 is 0 Å². The first-order valence-corrected chi connectivity index (χ1v) is 13.4. The van der Waals surface area contributed by atoms with Crippen molar-refractivity contribution >= 4 is 43.6 Å². The first kappa shape index (κ1) is 29.0. The first-order chi connectivity index (χ1) is 18.0. The van der Waals surface area contributed by atoms with E-state index in [0.717, 1.165) is 16.9 Å². The van der Waals surface area contributed by atoms with Crippen molar-refractivity contribution in [3.05, 3.63) is 40.6 Å². The Kier molecular flexibility index (Phi) is 9.39. The lowest BCUT2D eigenvalue weighted by Gasteiger charge is -2.26. The van der Waals surface area contributed by atoms with Gasteiger partial charge in [-0.05, 0) is 50.5 Å². The Morgan fingerprint density at radius 2 is 2.03 bits per heavy atom. The van der Waals surface area contributed by atoms with Crippen molar-refractivity contribution in [3.63, 3.8) is 0 Å². The van der Waals surface area contributed by atoms with Crippen molar-refractivity contribution in [2.45, 2.75) is 34.1 Å². The van der Waals surface area contributed by atoms with Crippen LogP contribution in [0.1, 0.15) is 43.1 Å². The standard InChI is InChI=1S/C23H31N6O8P/c1-5-9-24-21(30)16-8-7-14(3)18(10-16)27-20-19-15(4)17(11-29(19)26-12-25-20)22(31)28(6-2)23(32)36-13-37-38(33,34)35/h7-8,10,12,17H,5-6,9,11,13H2,1-4H3,(H,24,30)(H,25,26,27)(H2,33,34,35). The SMILES string of the molecule is CCCNC(=O)c1ccc(C)c(N=C2N=CNN3CC(C(=O)N(CC)C(=O)OCOP(=O)(O)O)C(C)=C23)c1. The number of nitrogens with zero attached hydrogens (tertiary/aromatic N) is 4. The smallest absolute Gasteiger partial charge is 0.421 e. The van der Waals surface area contributed by atoms with Crippen molar-refractivity contribution in [1.82, 2.24) is 20.7 Å². The number of aliphatic imine (C=N–C) groups is 2. The number of hydrazine groups is 1. The molecule has 1 aromatic rings. The molecule has 0 saturated heterocycles. The van der Waals surface area contributed by atoms with Crippen LogP contribution in [0.4, 0.5) is 10.5 Å². The van der Waals surface area contributed by atoms with Gasteiger partial charge in [0.2, 0.25) is 12.7 Å². The summed E-state index contributed by atoms with van der Waals surface area (Å²) in [6, 6.07) is 5.20. The van der Waals surface area contributed by atoms with Crippen LogP contribution in [0.15, 0.2) is 39.5 Å². The fourth-order valence-electron chi connectivity index (χ4n) is 3.88. The number of benzene rings is 1. The number of amides is 3. The van der Waals surface area contributed by atoms with E-state index in [1.54, 1.807) is 37.1 Å². The minimum Gasteiger partial charge on any atom is -0.421 e. The molecule has 15 heteroatoms. The van der Waals surface area contributed by atoms with E-state index in [-0.39, 0.29) is 19.0 Å². The van der Waals surface area contributed by atoms with Crippen molar-refractivity contribution in [2.75, 3.05) is 26.4 Å². The van der Waals surface area contributed by atoms with Crippen molar-refractivity contribution in [2.24, 2.45) is 15.9 Å². The first-order valence-electron chi connectivity index (χ1n) is 11.9. The van der Waals surface area contributed by atoms with Gasteiger partial charge in [0.1, 0.15) is 12.0 Å². The van der Waals surface area contributed by atoms with E-state index in [4.69, 9.17) is 14.5 Å². The van der Waals surface area contributed by atoms with E-state index in [0.29, 0.717) is 34.9 Å². The zero-order chi connectivity index (χ0) is 28.0. The molecule has 1 atom stereocenters. The van der Waals surface area contributed by atoms with Crippen molar-refractivity contribution in [3.8, 4) is 0 Å². The van der Waals surface area contributed by atoms with Crippen molar-refractivity contribution < 1.29 is 38.0 Å². The normalized spacial score (nSPS) is 17.8. The highest BCUT2D eigenvalue weighted by atomic mass is 31.2. The average Bonchev–Trinajstić information content (AvgIpc) is 3.20. The number of carbonyl (C=O) groups is 3. The Morgan fingerprint density at radius 3 is 2.68 bits per heavy atom. The predicted molar refractivity (Wildman–Crippen MR) is 137 cm³/mol. The van der Waals surface area contributed by atoms with Gasteiger partial charge in [-0.3, -0.25) is 20.0 Å². The molecule has 206 valence electrons. The van der Waals surface area contributed by atoms with Crippen LogP contribution in [-0.4, -0.2) is 76.2 Å². The predicted octanol–water partition coefficient (Wildman–Crippen LogP) is 1.97. The van der Waals surface area contributed by atoms with E-state index in [2.05, 4.69) is 25.3 Å². The van der Waals surface area contributed by atoms with Gasteiger partial charge in [-0.2, -0.15) is 0 Å². The van der Waals surface area contributed by atoms with Gasteiger partial charge in [0.25, 0.3) is 5.91 Å². The Balaban J connectivity index is 1.85. The number of hydrogen-bond donors (Lipinski definition) is 4. The number of aryl methyl sites for hydroxylation is 1. The zero-order valence-corrected chi connectivity index (χ0v) is 22.4. The Bertz CT molecular complexity index is 1240. The quantitative estimate of drug-likeness (QED) is 0.262. The summed E-state index contributed by atoms with van der Waals surface area (Å²) < 4.78 is 19.6. The highest BCUT2D eigenvalue weighted by Crippen LogP contribution is 2.36. The molecule has 38 heavy (non-hydrogen) atoms. The van der Waals surface area contributed by atoms with Gasteiger partial charge in [0.05, 0.1) is 18.2 Å². The number of phosphoric acid groups is 1. The third kappa shape index (κ3) is 6.84. The number of carbonyl (C=O) groups excluding carboxylic acids is 3. The van der Waals surface area contributed by atoms with Crippen LogP contribution < -0.4 is 10.7 Å². The highest BCUT2D eigenvalue weighted by molar-refractivity contribution is 7.46. The van der Waals surface area contributed by atoms with Crippen molar-refractivity contribution in [1.29, 1.82) is 0 Å². The molecular formula is C23H31N6O8P. The maximum atomic E-state index is 13.3. The minimum atomic E-state index is -4.84. The fraction of sp³-hybridized carbons (Fsp3) is 0.435. The van der Waals surface area contributed by atoms with Crippen LogP contribution >= 0.6 is 7.82 Å². The van der Waals surface area contributed by atoms with Gasteiger partial charge in [0, 0.05) is 18.7 Å². The largest absolute Gasteiger partial charge is 0.472 e. The summed E-state index contributed by atoms with van der Waals surface area (Å²) in [6.07, 6.45) is 1.15. The number of hydrogen-bond acceptors (Lipinski definition) is 9. The molecule has 3 amide bonds. The summed E-state index contributed by atoms with van der Waals surface area (Å²) in [4.78, 5) is 65.4. The number of amidine groups is 1. The molecule has 0 aliphatic carbocycles. The summed E-state index contributed by atoms with van der Waals surface area (Å²) in [5.41, 5.74) is 5.95. The molecular weight excluding hydrogens is 519 g/mol. The second kappa shape index (κ2) is 12.3. The Labute approximate surface area is 219 Å². The summed E-state index contributed by atoms with van der Waals surface area (Å²) in [6.45, 7) is 6.80. The Morgan fingerprint density at radius 1 is 1.29 bits per heavy atom. The zero-order valence-electron chi connectivity index (χ0n) is 21.5. The molecule has 2 heterocycles. The molecule has 1 aromatic carbocycles. The second-order valence-electron chi connectivity index (χ2n) is 8.50. The van der Waals surface area contributed by atoms with Gasteiger partial charge < -0.3 is 19.8 Å². The highest BCUT2D eigenvalue weighted by Gasteiger charge is 2.40. The van der Waals surface area contributed by atoms with Crippen LogP contribution in [0.2, 0.25) is 0 Å². The Hall–Kier alpha value is -3.58. The van der Waals surface area contributed by atoms with Gasteiger partial charge in [0.15, 0.2) is 5.84 Å². The lowest BCUT2D eigenvalue weighted by Crippen LogP contribution is -2.45. The number of phosphoric ester groups is 1. The third-order valence-corrected chi connectivity index (χ3v) is 6.32. The maximum absolute atomic E-state index is 13.3. The van der Waals surface area contributed by atoms with E-state index in [9.17, 15) is 18.9 Å². The molecule has 14 nitrogen and oxygen atoms in total. The molecule has 2 aliphatic heterocycles. The molecule has 0 saturated carbocycles. The van der Waals surface area contributed by atoms with Gasteiger partial charge >= 0.3 is 13.9 Å². The van der Waals surface area contributed by atoms with Gasteiger partial charge in [-0.25, -0.2) is 28.8 Å². The van der Waals surface area contributed by atoms with Crippen LogP contribution in [0.3, 0.4) is 0 Å². The van der Waals surface area contributed by atoms with Crippen LogP contribution in [-0.2, 0) is 18.6 Å². The molecule has 0 aromatic heterocycles.